The largest absolute Gasteiger partial charge is 0.494 e. The second-order valence-corrected chi connectivity index (χ2v) is 5.53. The Morgan fingerprint density at radius 2 is 1.88 bits per heavy atom. The van der Waals surface area contributed by atoms with Crippen molar-refractivity contribution < 1.29 is 4.74 Å². The summed E-state index contributed by atoms with van der Waals surface area (Å²) < 4.78 is 5.44. The first kappa shape index (κ1) is 13.6. The molecule has 0 aromatic heterocycles. The predicted molar refractivity (Wildman–Crippen MR) is 74.9 cm³/mol. The second kappa shape index (κ2) is 4.82. The van der Waals surface area contributed by atoms with Crippen molar-refractivity contribution in [2.24, 2.45) is 0 Å². The van der Waals surface area contributed by atoms with E-state index in [2.05, 4.69) is 51.7 Å². The van der Waals surface area contributed by atoms with Crippen molar-refractivity contribution in [3.8, 4) is 5.75 Å². The highest BCUT2D eigenvalue weighted by atomic mass is 16.5. The Balaban J connectivity index is 3.33. The topological polar surface area (TPSA) is 21.3 Å². The lowest BCUT2D eigenvalue weighted by Gasteiger charge is -2.23. The summed E-state index contributed by atoms with van der Waals surface area (Å²) in [5, 5.41) is 3.26. The highest BCUT2D eigenvalue weighted by Crippen LogP contribution is 2.35. The fourth-order valence-corrected chi connectivity index (χ4v) is 1.80. The zero-order valence-electron chi connectivity index (χ0n) is 11.8. The van der Waals surface area contributed by atoms with Crippen molar-refractivity contribution in [3.63, 3.8) is 0 Å². The van der Waals surface area contributed by atoms with Gasteiger partial charge in [0.25, 0.3) is 0 Å². The van der Waals surface area contributed by atoms with Crippen molar-refractivity contribution in [1.82, 2.24) is 0 Å². The fraction of sp³-hybridized carbons (Fsp3) is 0.467. The van der Waals surface area contributed by atoms with E-state index in [-0.39, 0.29) is 5.41 Å². The molecule has 0 aliphatic carbocycles. The first-order valence-corrected chi connectivity index (χ1v) is 5.87. The third kappa shape index (κ3) is 3.26. The maximum absolute atomic E-state index is 5.44. The number of methoxy groups -OCH3 is 1. The molecule has 0 spiro atoms. The Kier molecular flexibility index (Phi) is 3.87. The molecule has 0 atom stereocenters. The minimum Gasteiger partial charge on any atom is -0.494 e. The average molecular weight is 233 g/mol. The summed E-state index contributed by atoms with van der Waals surface area (Å²) in [6.45, 7) is 14.5. The number of hydrogen-bond acceptors (Lipinski definition) is 2. The minimum atomic E-state index is 0.128. The number of ether oxygens (including phenoxy) is 1. The molecule has 0 aliphatic heterocycles. The molecule has 1 N–H and O–H groups in total. The molecule has 1 aromatic rings. The SMILES string of the molecule is C=C(C)Nc1cc(C(C)(C)C)cc(C)c1OC. The molecule has 2 nitrogen and oxygen atoms in total. The lowest BCUT2D eigenvalue weighted by Crippen LogP contribution is -2.12. The van der Waals surface area contributed by atoms with E-state index in [4.69, 9.17) is 4.74 Å². The van der Waals surface area contributed by atoms with Crippen molar-refractivity contribution in [2.45, 2.75) is 40.0 Å². The molecule has 0 aliphatic rings. The lowest BCUT2D eigenvalue weighted by atomic mass is 9.85. The smallest absolute Gasteiger partial charge is 0.145 e. The number of allylic oxidation sites excluding steroid dienone is 1. The third-order valence-corrected chi connectivity index (χ3v) is 2.69. The molecule has 0 heterocycles. The maximum Gasteiger partial charge on any atom is 0.145 e. The monoisotopic (exact) mass is 233 g/mol. The Bertz CT molecular complexity index is 427. The molecule has 0 amide bonds. The number of nitrogens with one attached hydrogen (secondary N) is 1. The van der Waals surface area contributed by atoms with Crippen LogP contribution in [0.1, 0.15) is 38.8 Å². The van der Waals surface area contributed by atoms with Gasteiger partial charge in [0.15, 0.2) is 0 Å². The highest BCUT2D eigenvalue weighted by molar-refractivity contribution is 5.64. The van der Waals surface area contributed by atoms with Gasteiger partial charge in [0, 0.05) is 5.70 Å². The van der Waals surface area contributed by atoms with Gasteiger partial charge in [-0.05, 0) is 36.5 Å². The molecule has 1 aromatic carbocycles. The van der Waals surface area contributed by atoms with E-state index in [1.165, 1.54) is 5.56 Å². The molecule has 1 rings (SSSR count). The van der Waals surface area contributed by atoms with E-state index in [9.17, 15) is 0 Å². The number of anilines is 1. The molecule has 0 unspecified atom stereocenters. The normalized spacial score (nSPS) is 11.2. The van der Waals surface area contributed by atoms with Crippen LogP contribution in [0.2, 0.25) is 0 Å². The van der Waals surface area contributed by atoms with Crippen molar-refractivity contribution in [3.05, 3.63) is 35.5 Å². The van der Waals surface area contributed by atoms with E-state index in [1.54, 1.807) is 7.11 Å². The highest BCUT2D eigenvalue weighted by Gasteiger charge is 2.17. The fourth-order valence-electron chi connectivity index (χ4n) is 1.80. The summed E-state index contributed by atoms with van der Waals surface area (Å²) in [4.78, 5) is 0. The molecule has 2 heteroatoms. The molecule has 94 valence electrons. The Labute approximate surface area is 105 Å². The molecule has 0 saturated heterocycles. The van der Waals surface area contributed by atoms with Crippen LogP contribution < -0.4 is 10.1 Å². The molecular weight excluding hydrogens is 210 g/mol. The van der Waals surface area contributed by atoms with Gasteiger partial charge >= 0.3 is 0 Å². The Morgan fingerprint density at radius 3 is 2.29 bits per heavy atom. The summed E-state index contributed by atoms with van der Waals surface area (Å²) in [7, 11) is 1.70. The van der Waals surface area contributed by atoms with Crippen LogP contribution in [0.25, 0.3) is 0 Å². The van der Waals surface area contributed by atoms with Crippen LogP contribution in [0.15, 0.2) is 24.4 Å². The third-order valence-electron chi connectivity index (χ3n) is 2.69. The summed E-state index contributed by atoms with van der Waals surface area (Å²) in [6, 6.07) is 4.32. The van der Waals surface area contributed by atoms with Crippen molar-refractivity contribution in [1.29, 1.82) is 0 Å². The van der Waals surface area contributed by atoms with E-state index in [1.807, 2.05) is 6.92 Å². The number of benzene rings is 1. The average Bonchev–Trinajstić information content (AvgIpc) is 2.14. The number of hydrogen-bond donors (Lipinski definition) is 1. The van der Waals surface area contributed by atoms with Crippen LogP contribution in [0.4, 0.5) is 5.69 Å². The van der Waals surface area contributed by atoms with E-state index in [0.29, 0.717) is 0 Å². The van der Waals surface area contributed by atoms with E-state index < -0.39 is 0 Å². The van der Waals surface area contributed by atoms with Crippen molar-refractivity contribution >= 4 is 5.69 Å². The molecule has 0 saturated carbocycles. The van der Waals surface area contributed by atoms with Gasteiger partial charge in [-0.1, -0.05) is 33.4 Å². The van der Waals surface area contributed by atoms with Crippen LogP contribution in [0.5, 0.6) is 5.75 Å². The number of rotatable bonds is 3. The molecule has 0 bridgehead atoms. The zero-order chi connectivity index (χ0) is 13.2. The summed E-state index contributed by atoms with van der Waals surface area (Å²) >= 11 is 0. The van der Waals surface area contributed by atoms with E-state index >= 15 is 0 Å². The van der Waals surface area contributed by atoms with E-state index in [0.717, 1.165) is 22.7 Å². The molecule has 0 fully saturated rings. The molecule has 17 heavy (non-hydrogen) atoms. The van der Waals surface area contributed by atoms with Crippen LogP contribution in [0, 0.1) is 6.92 Å². The van der Waals surface area contributed by atoms with Crippen LogP contribution in [-0.4, -0.2) is 7.11 Å². The van der Waals surface area contributed by atoms with Gasteiger partial charge in [-0.25, -0.2) is 0 Å². The van der Waals surface area contributed by atoms with Crippen molar-refractivity contribution in [2.75, 3.05) is 12.4 Å². The molecule has 0 radical (unpaired) electrons. The van der Waals surface area contributed by atoms with Gasteiger partial charge in [0.1, 0.15) is 5.75 Å². The van der Waals surface area contributed by atoms with Crippen LogP contribution in [0.3, 0.4) is 0 Å². The quantitative estimate of drug-likeness (QED) is 0.842. The summed E-state index contributed by atoms with van der Waals surface area (Å²) in [5.41, 5.74) is 4.46. The zero-order valence-corrected chi connectivity index (χ0v) is 11.8. The summed E-state index contributed by atoms with van der Waals surface area (Å²) in [5.74, 6) is 0.890. The van der Waals surface area contributed by atoms with Gasteiger partial charge in [0.2, 0.25) is 0 Å². The van der Waals surface area contributed by atoms with Gasteiger partial charge in [-0.2, -0.15) is 0 Å². The summed E-state index contributed by atoms with van der Waals surface area (Å²) in [6.07, 6.45) is 0. The van der Waals surface area contributed by atoms with Gasteiger partial charge in [0.05, 0.1) is 12.8 Å². The second-order valence-electron chi connectivity index (χ2n) is 5.53. The van der Waals surface area contributed by atoms with Gasteiger partial charge in [-0.3, -0.25) is 0 Å². The first-order valence-electron chi connectivity index (χ1n) is 5.87. The maximum atomic E-state index is 5.44. The Morgan fingerprint density at radius 1 is 1.29 bits per heavy atom. The standard InChI is InChI=1S/C15H23NO/c1-10(2)16-13-9-12(15(4,5)6)8-11(3)14(13)17-7/h8-9,16H,1H2,2-7H3. The van der Waals surface area contributed by atoms with Crippen LogP contribution >= 0.6 is 0 Å². The van der Waals surface area contributed by atoms with Gasteiger partial charge < -0.3 is 10.1 Å². The first-order chi connectivity index (χ1) is 7.75. The predicted octanol–water partition coefficient (Wildman–Crippen LogP) is 4.25. The van der Waals surface area contributed by atoms with Gasteiger partial charge in [-0.15, -0.1) is 0 Å². The number of aryl methyl sites for hydroxylation is 1. The van der Waals surface area contributed by atoms with Crippen LogP contribution in [-0.2, 0) is 5.41 Å². The minimum absolute atomic E-state index is 0.128. The lowest BCUT2D eigenvalue weighted by molar-refractivity contribution is 0.413. The Hall–Kier alpha value is -1.44. The molecular formula is C15H23NO.